The van der Waals surface area contributed by atoms with Gasteiger partial charge in [-0.1, -0.05) is 92.4 Å². The smallest absolute Gasteiger partial charge is 0.416 e. The monoisotopic (exact) mass is 421 g/mol. The molecule has 29 heavy (non-hydrogen) atoms. The highest BCUT2D eigenvalue weighted by atomic mass is 28.4. The molecule has 0 aromatic heterocycles. The summed E-state index contributed by atoms with van der Waals surface area (Å²) in [4.78, 5) is 13.8. The molecule has 1 amide bonds. The summed E-state index contributed by atoms with van der Waals surface area (Å²) in [5.41, 5.74) is 1.29. The molecule has 1 aliphatic rings. The average Bonchev–Trinajstić information content (AvgIpc) is 3.07. The van der Waals surface area contributed by atoms with Gasteiger partial charge in [-0.05, 0) is 23.0 Å². The van der Waals surface area contributed by atoms with Crippen molar-refractivity contribution in [3.63, 3.8) is 0 Å². The van der Waals surface area contributed by atoms with Crippen molar-refractivity contribution in [3.8, 4) is 11.8 Å². The highest BCUT2D eigenvalue weighted by Gasteiger charge is 2.48. The SMILES string of the molecule is CCCCCCCCC#C/C=C(\O[Si](C(C)C)(C(C)C)C(C)C)N1CCOC1=O. The van der Waals surface area contributed by atoms with Crippen molar-refractivity contribution in [3.05, 3.63) is 12.0 Å². The molecule has 4 nitrogen and oxygen atoms in total. The summed E-state index contributed by atoms with van der Waals surface area (Å²) in [7, 11) is -2.17. The fraction of sp³-hybridized carbons (Fsp3) is 0.792. The Bertz CT molecular complexity index is 565. The number of carbonyl (C=O) groups is 1. The second-order valence-electron chi connectivity index (χ2n) is 9.01. The molecule has 0 aliphatic carbocycles. The summed E-state index contributed by atoms with van der Waals surface area (Å²) in [6.45, 7) is 16.7. The van der Waals surface area contributed by atoms with Crippen LogP contribution in [-0.4, -0.2) is 32.5 Å². The van der Waals surface area contributed by atoms with Gasteiger partial charge >= 0.3 is 6.09 Å². The van der Waals surface area contributed by atoms with Gasteiger partial charge in [-0.15, -0.1) is 0 Å². The van der Waals surface area contributed by atoms with Crippen molar-refractivity contribution in [1.29, 1.82) is 0 Å². The summed E-state index contributed by atoms with van der Waals surface area (Å²) in [5, 5.41) is 0. The lowest BCUT2D eigenvalue weighted by molar-refractivity contribution is 0.152. The Kier molecular flexibility index (Phi) is 11.5. The van der Waals surface area contributed by atoms with Crippen LogP contribution in [0.2, 0.25) is 16.6 Å². The Balaban J connectivity index is 2.91. The lowest BCUT2D eigenvalue weighted by Gasteiger charge is -2.43. The maximum Gasteiger partial charge on any atom is 0.416 e. The molecule has 0 saturated carbocycles. The third-order valence-corrected chi connectivity index (χ3v) is 11.9. The predicted molar refractivity (Wildman–Crippen MR) is 124 cm³/mol. The van der Waals surface area contributed by atoms with Crippen LogP contribution in [0.5, 0.6) is 0 Å². The fourth-order valence-electron chi connectivity index (χ4n) is 4.47. The van der Waals surface area contributed by atoms with E-state index in [1.165, 1.54) is 32.1 Å². The van der Waals surface area contributed by atoms with E-state index in [0.717, 1.165) is 12.8 Å². The average molecular weight is 422 g/mol. The molecule has 0 unspecified atom stereocenters. The van der Waals surface area contributed by atoms with Gasteiger partial charge in [0, 0.05) is 12.5 Å². The summed E-state index contributed by atoms with van der Waals surface area (Å²) >= 11 is 0. The Morgan fingerprint density at radius 3 is 2.17 bits per heavy atom. The molecule has 0 N–H and O–H groups in total. The number of unbranched alkanes of at least 4 members (excludes halogenated alkanes) is 6. The molecule has 1 heterocycles. The van der Waals surface area contributed by atoms with Crippen LogP contribution in [0.1, 0.15) is 93.4 Å². The van der Waals surface area contributed by atoms with E-state index in [1.807, 2.05) is 0 Å². The van der Waals surface area contributed by atoms with Crippen molar-refractivity contribution in [1.82, 2.24) is 4.90 Å². The lowest BCUT2D eigenvalue weighted by atomic mass is 10.1. The second kappa shape index (κ2) is 13.0. The van der Waals surface area contributed by atoms with E-state index in [-0.39, 0.29) is 6.09 Å². The third kappa shape index (κ3) is 7.41. The van der Waals surface area contributed by atoms with E-state index in [2.05, 4.69) is 60.3 Å². The van der Waals surface area contributed by atoms with E-state index < -0.39 is 8.32 Å². The Morgan fingerprint density at radius 1 is 1.07 bits per heavy atom. The number of hydrogen-bond acceptors (Lipinski definition) is 3. The minimum Gasteiger partial charge on any atom is -0.530 e. The van der Waals surface area contributed by atoms with E-state index in [1.54, 1.807) is 11.0 Å². The first-order valence-corrected chi connectivity index (χ1v) is 13.7. The first kappa shape index (κ1) is 25.6. The van der Waals surface area contributed by atoms with Crippen LogP contribution in [-0.2, 0) is 9.16 Å². The zero-order valence-electron chi connectivity index (χ0n) is 19.8. The molecule has 0 spiro atoms. The van der Waals surface area contributed by atoms with Gasteiger partial charge in [0.05, 0.1) is 6.54 Å². The van der Waals surface area contributed by atoms with Crippen molar-refractivity contribution in [2.24, 2.45) is 0 Å². The van der Waals surface area contributed by atoms with E-state index in [0.29, 0.717) is 35.7 Å². The van der Waals surface area contributed by atoms with Crippen molar-refractivity contribution in [2.45, 2.75) is 110 Å². The highest BCUT2D eigenvalue weighted by molar-refractivity contribution is 6.77. The molecule has 0 atom stereocenters. The third-order valence-electron chi connectivity index (χ3n) is 5.97. The number of rotatable bonds is 12. The molecule has 1 rings (SSSR count). The number of hydrogen-bond donors (Lipinski definition) is 0. The number of allylic oxidation sites excluding steroid dienone is 1. The van der Waals surface area contributed by atoms with Crippen LogP contribution in [0.15, 0.2) is 12.0 Å². The molecule has 5 heteroatoms. The minimum absolute atomic E-state index is 0.326. The van der Waals surface area contributed by atoms with Crippen LogP contribution < -0.4 is 0 Å². The van der Waals surface area contributed by atoms with Gasteiger partial charge in [0.1, 0.15) is 6.61 Å². The van der Waals surface area contributed by atoms with E-state index in [4.69, 9.17) is 9.16 Å². The molecule has 0 aromatic carbocycles. The molecule has 1 fully saturated rings. The van der Waals surface area contributed by atoms with Crippen LogP contribution in [0.4, 0.5) is 4.79 Å². The van der Waals surface area contributed by atoms with Crippen molar-refractivity contribution < 1.29 is 14.0 Å². The minimum atomic E-state index is -2.17. The Morgan fingerprint density at radius 2 is 1.66 bits per heavy atom. The zero-order valence-corrected chi connectivity index (χ0v) is 20.8. The Labute approximate surface area is 180 Å². The van der Waals surface area contributed by atoms with Crippen LogP contribution >= 0.6 is 0 Å². The van der Waals surface area contributed by atoms with Crippen LogP contribution in [0.25, 0.3) is 0 Å². The molecule has 0 radical (unpaired) electrons. The van der Waals surface area contributed by atoms with Crippen LogP contribution in [0, 0.1) is 11.8 Å². The topological polar surface area (TPSA) is 38.8 Å². The number of ether oxygens (including phenoxy) is 1. The Hall–Kier alpha value is -1.41. The summed E-state index contributed by atoms with van der Waals surface area (Å²) < 4.78 is 11.9. The first-order chi connectivity index (χ1) is 13.8. The van der Waals surface area contributed by atoms with Gasteiger partial charge in [-0.25, -0.2) is 9.69 Å². The molecule has 0 aromatic rings. The maximum atomic E-state index is 12.2. The molecular weight excluding hydrogens is 378 g/mol. The van der Waals surface area contributed by atoms with E-state index >= 15 is 0 Å². The van der Waals surface area contributed by atoms with Gasteiger partial charge in [-0.3, -0.25) is 0 Å². The van der Waals surface area contributed by atoms with Gasteiger partial charge in [0.25, 0.3) is 8.32 Å². The van der Waals surface area contributed by atoms with Gasteiger partial charge in [0.15, 0.2) is 5.88 Å². The number of amides is 1. The molecule has 1 aliphatic heterocycles. The van der Waals surface area contributed by atoms with Crippen molar-refractivity contribution >= 4 is 14.4 Å². The normalized spacial score (nSPS) is 15.2. The molecule has 166 valence electrons. The zero-order chi connectivity index (χ0) is 21.9. The van der Waals surface area contributed by atoms with Gasteiger partial charge in [-0.2, -0.15) is 0 Å². The number of carbonyl (C=O) groups excluding carboxylic acids is 1. The second-order valence-corrected chi connectivity index (χ2v) is 14.4. The number of nitrogens with zero attached hydrogens (tertiary/aromatic N) is 1. The lowest BCUT2D eigenvalue weighted by Crippen LogP contribution is -2.49. The highest BCUT2D eigenvalue weighted by Crippen LogP contribution is 2.44. The van der Waals surface area contributed by atoms with E-state index in [9.17, 15) is 4.79 Å². The molecular formula is C24H43NO3Si. The predicted octanol–water partition coefficient (Wildman–Crippen LogP) is 7.23. The van der Waals surface area contributed by atoms with Crippen LogP contribution in [0.3, 0.4) is 0 Å². The summed E-state index contributed by atoms with van der Waals surface area (Å²) in [5.74, 6) is 7.00. The summed E-state index contributed by atoms with van der Waals surface area (Å²) in [6, 6.07) is 0. The standard InChI is InChI=1S/C24H43NO3Si/c1-8-9-10-11-12-13-14-15-16-17-23(25-18-19-27-24(25)26)28-29(20(2)3,21(4)5)22(6)7/h17,20-22H,8-14,18-19H2,1-7H3/b23-17-. The number of cyclic esters (lactones) is 1. The maximum absolute atomic E-state index is 12.2. The molecule has 1 saturated heterocycles. The quantitative estimate of drug-likeness (QED) is 0.144. The summed E-state index contributed by atoms with van der Waals surface area (Å²) in [6.07, 6.45) is 9.97. The largest absolute Gasteiger partial charge is 0.530 e. The van der Waals surface area contributed by atoms with Gasteiger partial charge < -0.3 is 9.16 Å². The first-order valence-electron chi connectivity index (χ1n) is 11.6. The van der Waals surface area contributed by atoms with Gasteiger partial charge in [0.2, 0.25) is 0 Å². The fourth-order valence-corrected chi connectivity index (χ4v) is 9.71. The van der Waals surface area contributed by atoms with Crippen molar-refractivity contribution in [2.75, 3.05) is 13.2 Å². The molecule has 0 bridgehead atoms.